The second-order valence-corrected chi connectivity index (χ2v) is 4.91. The van der Waals surface area contributed by atoms with Crippen molar-refractivity contribution >= 4 is 0 Å². The number of hydrogen-bond acceptors (Lipinski definition) is 3. The number of hydrogen-bond donors (Lipinski definition) is 2. The van der Waals surface area contributed by atoms with E-state index < -0.39 is 5.60 Å². The average Bonchev–Trinajstić information content (AvgIpc) is 2.28. The van der Waals surface area contributed by atoms with Crippen LogP contribution in [0.2, 0.25) is 0 Å². The molecule has 0 bridgehead atoms. The number of nitrogens with one attached hydrogen (secondary N) is 1. The zero-order valence-electron chi connectivity index (χ0n) is 8.47. The maximum Gasteiger partial charge on any atom is 0.0907 e. The summed E-state index contributed by atoms with van der Waals surface area (Å²) in [6.45, 7) is 5.83. The van der Waals surface area contributed by atoms with Gasteiger partial charge in [0.15, 0.2) is 0 Å². The van der Waals surface area contributed by atoms with E-state index in [1.54, 1.807) is 0 Å². The molecule has 2 atom stereocenters. The third-order valence-corrected chi connectivity index (χ3v) is 3.27. The van der Waals surface area contributed by atoms with Gasteiger partial charge in [-0.15, -0.1) is 0 Å². The zero-order valence-corrected chi connectivity index (χ0v) is 8.47. The van der Waals surface area contributed by atoms with Gasteiger partial charge in [0.2, 0.25) is 0 Å². The van der Waals surface area contributed by atoms with E-state index in [9.17, 15) is 5.11 Å². The summed E-state index contributed by atoms with van der Waals surface area (Å²) in [6.07, 6.45) is 3.00. The molecule has 2 aliphatic rings. The van der Waals surface area contributed by atoms with Crippen LogP contribution in [0.1, 0.15) is 33.1 Å². The predicted molar refractivity (Wildman–Crippen MR) is 50.6 cm³/mol. The van der Waals surface area contributed by atoms with E-state index >= 15 is 0 Å². The van der Waals surface area contributed by atoms with Crippen molar-refractivity contribution in [3.63, 3.8) is 0 Å². The van der Waals surface area contributed by atoms with E-state index in [4.69, 9.17) is 4.74 Å². The molecule has 3 heteroatoms. The summed E-state index contributed by atoms with van der Waals surface area (Å²) < 4.78 is 5.94. The summed E-state index contributed by atoms with van der Waals surface area (Å²) in [7, 11) is 0. The van der Waals surface area contributed by atoms with Crippen LogP contribution >= 0.6 is 0 Å². The molecule has 2 fully saturated rings. The summed E-state index contributed by atoms with van der Waals surface area (Å²) >= 11 is 0. The van der Waals surface area contributed by atoms with Crippen LogP contribution in [-0.2, 0) is 4.74 Å². The summed E-state index contributed by atoms with van der Waals surface area (Å²) in [5.74, 6) is 0. The summed E-state index contributed by atoms with van der Waals surface area (Å²) in [4.78, 5) is 0. The quantitative estimate of drug-likeness (QED) is 0.664. The molecular formula is C10H19NO2. The highest BCUT2D eigenvalue weighted by molar-refractivity contribution is 4.96. The van der Waals surface area contributed by atoms with Gasteiger partial charge in [-0.2, -0.15) is 0 Å². The minimum atomic E-state index is -0.599. The fourth-order valence-electron chi connectivity index (χ4n) is 2.21. The Bertz CT molecular complexity index is 199. The number of ether oxygens (including phenoxy) is 1. The number of rotatable bonds is 2. The highest BCUT2D eigenvalue weighted by Crippen LogP contribution is 2.35. The van der Waals surface area contributed by atoms with Crippen LogP contribution in [-0.4, -0.2) is 35.5 Å². The van der Waals surface area contributed by atoms with Crippen molar-refractivity contribution in [2.75, 3.05) is 13.1 Å². The highest BCUT2D eigenvalue weighted by atomic mass is 16.5. The lowest BCUT2D eigenvalue weighted by molar-refractivity contribution is -0.166. The van der Waals surface area contributed by atoms with Gasteiger partial charge in [0, 0.05) is 13.1 Å². The van der Waals surface area contributed by atoms with Crippen LogP contribution in [0, 0.1) is 0 Å². The van der Waals surface area contributed by atoms with Gasteiger partial charge in [-0.05, 0) is 33.1 Å². The van der Waals surface area contributed by atoms with Gasteiger partial charge in [-0.25, -0.2) is 0 Å². The highest BCUT2D eigenvalue weighted by Gasteiger charge is 2.44. The molecule has 0 aromatic heterocycles. The van der Waals surface area contributed by atoms with Crippen LogP contribution < -0.4 is 5.32 Å². The first-order valence-corrected chi connectivity index (χ1v) is 5.13. The van der Waals surface area contributed by atoms with E-state index in [1.165, 1.54) is 0 Å². The fraction of sp³-hybridized carbons (Fsp3) is 1.00. The Morgan fingerprint density at radius 3 is 2.46 bits per heavy atom. The van der Waals surface area contributed by atoms with Crippen molar-refractivity contribution in [1.82, 2.24) is 5.32 Å². The topological polar surface area (TPSA) is 41.5 Å². The lowest BCUT2D eigenvalue weighted by Gasteiger charge is -2.43. The molecule has 0 amide bonds. The smallest absolute Gasteiger partial charge is 0.0907 e. The molecule has 2 rings (SSSR count). The average molecular weight is 185 g/mol. The Morgan fingerprint density at radius 2 is 2.08 bits per heavy atom. The zero-order chi connectivity index (χ0) is 9.53. The lowest BCUT2D eigenvalue weighted by Crippen LogP contribution is -2.61. The Hall–Kier alpha value is -0.120. The van der Waals surface area contributed by atoms with E-state index in [1.807, 2.05) is 6.92 Å². The Morgan fingerprint density at radius 1 is 1.38 bits per heavy atom. The van der Waals surface area contributed by atoms with Crippen LogP contribution in [0.5, 0.6) is 0 Å². The minimum absolute atomic E-state index is 0.0288. The Kier molecular flexibility index (Phi) is 2.13. The van der Waals surface area contributed by atoms with Crippen molar-refractivity contribution < 1.29 is 9.84 Å². The molecule has 0 aromatic carbocycles. The van der Waals surface area contributed by atoms with E-state index in [-0.39, 0.29) is 11.7 Å². The predicted octanol–water partition coefficient (Wildman–Crippen LogP) is 0.668. The first-order chi connectivity index (χ1) is 6.02. The summed E-state index contributed by atoms with van der Waals surface area (Å²) in [5.41, 5.74) is -0.627. The second kappa shape index (κ2) is 2.94. The molecule has 2 unspecified atom stereocenters. The third kappa shape index (κ3) is 1.73. The van der Waals surface area contributed by atoms with Crippen molar-refractivity contribution in [3.05, 3.63) is 0 Å². The Balaban J connectivity index is 1.94. The standard InChI is InChI=1S/C10H19NO2/c1-9(6-11-7-9)13-8-4-3-5-10(8,2)12/h8,11-12H,3-7H2,1-2H3. The van der Waals surface area contributed by atoms with Crippen LogP contribution in [0.15, 0.2) is 0 Å². The van der Waals surface area contributed by atoms with Gasteiger partial charge in [0.25, 0.3) is 0 Å². The van der Waals surface area contributed by atoms with Crippen LogP contribution in [0.4, 0.5) is 0 Å². The molecule has 1 aliphatic carbocycles. The second-order valence-electron chi connectivity index (χ2n) is 4.91. The van der Waals surface area contributed by atoms with Crippen molar-refractivity contribution in [1.29, 1.82) is 0 Å². The molecule has 3 nitrogen and oxygen atoms in total. The van der Waals surface area contributed by atoms with Crippen molar-refractivity contribution in [2.45, 2.75) is 50.4 Å². The van der Waals surface area contributed by atoms with E-state index in [0.717, 1.165) is 32.4 Å². The third-order valence-electron chi connectivity index (χ3n) is 3.27. The van der Waals surface area contributed by atoms with Gasteiger partial charge in [-0.3, -0.25) is 0 Å². The molecule has 0 aromatic rings. The van der Waals surface area contributed by atoms with E-state index in [2.05, 4.69) is 12.2 Å². The monoisotopic (exact) mass is 185 g/mol. The molecule has 13 heavy (non-hydrogen) atoms. The van der Waals surface area contributed by atoms with Gasteiger partial charge in [0.1, 0.15) is 0 Å². The van der Waals surface area contributed by atoms with Crippen LogP contribution in [0.3, 0.4) is 0 Å². The van der Waals surface area contributed by atoms with Crippen molar-refractivity contribution in [3.8, 4) is 0 Å². The molecule has 1 aliphatic heterocycles. The largest absolute Gasteiger partial charge is 0.387 e. The first-order valence-electron chi connectivity index (χ1n) is 5.13. The van der Waals surface area contributed by atoms with Gasteiger partial charge >= 0.3 is 0 Å². The molecule has 2 N–H and O–H groups in total. The van der Waals surface area contributed by atoms with Gasteiger partial charge in [0.05, 0.1) is 17.3 Å². The van der Waals surface area contributed by atoms with Gasteiger partial charge in [-0.1, -0.05) is 0 Å². The minimum Gasteiger partial charge on any atom is -0.387 e. The normalized spacial score (nSPS) is 43.2. The summed E-state index contributed by atoms with van der Waals surface area (Å²) in [5, 5.41) is 13.2. The molecule has 1 saturated carbocycles. The lowest BCUT2D eigenvalue weighted by atomic mass is 9.97. The maximum atomic E-state index is 9.99. The molecule has 0 spiro atoms. The number of aliphatic hydroxyl groups is 1. The molecule has 0 radical (unpaired) electrons. The molecular weight excluding hydrogens is 166 g/mol. The maximum absolute atomic E-state index is 9.99. The Labute approximate surface area is 79.5 Å². The SMILES string of the molecule is CC1(OC2CCCC2(C)O)CNC1. The first kappa shape index (κ1) is 9.44. The summed E-state index contributed by atoms with van der Waals surface area (Å²) in [6, 6.07) is 0. The molecule has 1 saturated heterocycles. The fourth-order valence-corrected chi connectivity index (χ4v) is 2.21. The van der Waals surface area contributed by atoms with Gasteiger partial charge < -0.3 is 15.2 Å². The molecule has 1 heterocycles. The van der Waals surface area contributed by atoms with Crippen LogP contribution in [0.25, 0.3) is 0 Å². The van der Waals surface area contributed by atoms with Crippen molar-refractivity contribution in [2.24, 2.45) is 0 Å². The van der Waals surface area contributed by atoms with E-state index in [0.29, 0.717) is 0 Å². The molecule has 76 valence electrons.